The lowest BCUT2D eigenvalue weighted by Crippen LogP contribution is -2.36. The Balaban J connectivity index is 2.21. The number of likely N-dealkylation sites (N-methyl/N-ethyl adjacent to an activating group) is 1. The van der Waals surface area contributed by atoms with E-state index in [1.165, 1.54) is 12.1 Å². The number of amides is 1. The molecule has 25 heavy (non-hydrogen) atoms. The SMILES string of the molecule is CN(C)CCN(Cc1ccccc1)C(=O)c1ccc(S(C)(=O)=O)cc1. The lowest BCUT2D eigenvalue weighted by molar-refractivity contribution is 0.0732. The summed E-state index contributed by atoms with van der Waals surface area (Å²) >= 11 is 0. The highest BCUT2D eigenvalue weighted by atomic mass is 32.2. The number of nitrogens with zero attached hydrogens (tertiary/aromatic N) is 2. The van der Waals surface area contributed by atoms with Crippen molar-refractivity contribution >= 4 is 15.7 Å². The largest absolute Gasteiger partial charge is 0.333 e. The molecule has 0 saturated heterocycles. The number of rotatable bonds is 7. The maximum atomic E-state index is 12.9. The fraction of sp³-hybridized carbons (Fsp3) is 0.316. The van der Waals surface area contributed by atoms with Crippen molar-refractivity contribution in [1.82, 2.24) is 9.80 Å². The van der Waals surface area contributed by atoms with Crippen LogP contribution in [-0.4, -0.2) is 57.6 Å². The Labute approximate surface area is 149 Å². The maximum absolute atomic E-state index is 12.9. The van der Waals surface area contributed by atoms with Crippen molar-refractivity contribution in [3.63, 3.8) is 0 Å². The minimum Gasteiger partial charge on any atom is -0.333 e. The molecule has 134 valence electrons. The van der Waals surface area contributed by atoms with Crippen LogP contribution in [0.4, 0.5) is 0 Å². The Bertz CT molecular complexity index is 800. The summed E-state index contributed by atoms with van der Waals surface area (Å²) in [6, 6.07) is 15.9. The molecule has 0 saturated carbocycles. The van der Waals surface area contributed by atoms with Crippen molar-refractivity contribution in [2.24, 2.45) is 0 Å². The Hall–Kier alpha value is -2.18. The van der Waals surface area contributed by atoms with E-state index in [4.69, 9.17) is 0 Å². The smallest absolute Gasteiger partial charge is 0.254 e. The molecule has 0 spiro atoms. The van der Waals surface area contributed by atoms with E-state index in [1.54, 1.807) is 17.0 Å². The van der Waals surface area contributed by atoms with E-state index in [0.29, 0.717) is 18.7 Å². The molecule has 0 radical (unpaired) electrons. The van der Waals surface area contributed by atoms with Crippen LogP contribution in [0.2, 0.25) is 0 Å². The predicted molar refractivity (Wildman–Crippen MR) is 99.3 cm³/mol. The second kappa shape index (κ2) is 8.27. The molecule has 0 atom stereocenters. The molecular weight excluding hydrogens is 336 g/mol. The van der Waals surface area contributed by atoms with Gasteiger partial charge >= 0.3 is 0 Å². The van der Waals surface area contributed by atoms with Gasteiger partial charge in [0.05, 0.1) is 4.90 Å². The van der Waals surface area contributed by atoms with Gasteiger partial charge in [0.15, 0.2) is 9.84 Å². The molecule has 0 fully saturated rings. The third kappa shape index (κ3) is 5.69. The summed E-state index contributed by atoms with van der Waals surface area (Å²) in [5, 5.41) is 0. The first kappa shape index (κ1) is 19.1. The molecule has 0 unspecified atom stereocenters. The molecule has 6 heteroatoms. The first-order valence-corrected chi connectivity index (χ1v) is 9.94. The van der Waals surface area contributed by atoms with Crippen molar-refractivity contribution in [1.29, 1.82) is 0 Å². The van der Waals surface area contributed by atoms with Crippen molar-refractivity contribution in [2.75, 3.05) is 33.4 Å². The zero-order valence-corrected chi connectivity index (χ0v) is 15.7. The molecule has 0 N–H and O–H groups in total. The van der Waals surface area contributed by atoms with E-state index in [0.717, 1.165) is 18.4 Å². The zero-order chi connectivity index (χ0) is 18.4. The quantitative estimate of drug-likeness (QED) is 0.760. The van der Waals surface area contributed by atoms with E-state index in [2.05, 4.69) is 0 Å². The molecule has 2 rings (SSSR count). The Morgan fingerprint density at radius 1 is 0.920 bits per heavy atom. The molecule has 0 aromatic heterocycles. The molecule has 0 aliphatic heterocycles. The van der Waals surface area contributed by atoms with Crippen LogP contribution in [0.3, 0.4) is 0 Å². The predicted octanol–water partition coefficient (Wildman–Crippen LogP) is 2.29. The van der Waals surface area contributed by atoms with E-state index >= 15 is 0 Å². The molecule has 2 aromatic carbocycles. The van der Waals surface area contributed by atoms with Crippen LogP contribution in [-0.2, 0) is 16.4 Å². The highest BCUT2D eigenvalue weighted by Gasteiger charge is 2.17. The van der Waals surface area contributed by atoms with Crippen molar-refractivity contribution < 1.29 is 13.2 Å². The van der Waals surface area contributed by atoms with Crippen LogP contribution in [0.1, 0.15) is 15.9 Å². The molecule has 2 aromatic rings. The summed E-state index contributed by atoms with van der Waals surface area (Å²) in [5.74, 6) is -0.106. The Kier molecular flexibility index (Phi) is 6.33. The molecule has 0 aliphatic carbocycles. The summed E-state index contributed by atoms with van der Waals surface area (Å²) in [4.78, 5) is 16.9. The number of hydrogen-bond donors (Lipinski definition) is 0. The van der Waals surface area contributed by atoms with Gasteiger partial charge in [-0.2, -0.15) is 0 Å². The topological polar surface area (TPSA) is 57.7 Å². The molecule has 1 amide bonds. The van der Waals surface area contributed by atoms with Crippen LogP contribution >= 0.6 is 0 Å². The van der Waals surface area contributed by atoms with Gasteiger partial charge in [-0.05, 0) is 43.9 Å². The van der Waals surface area contributed by atoms with Gasteiger partial charge in [0.1, 0.15) is 0 Å². The van der Waals surface area contributed by atoms with E-state index in [1.807, 2.05) is 49.3 Å². The Morgan fingerprint density at radius 2 is 1.52 bits per heavy atom. The standard InChI is InChI=1S/C19H24N2O3S/c1-20(2)13-14-21(15-16-7-5-4-6-8-16)19(22)17-9-11-18(12-10-17)25(3,23)24/h4-12H,13-15H2,1-3H3. The van der Waals surface area contributed by atoms with Gasteiger partial charge in [-0.15, -0.1) is 0 Å². The lowest BCUT2D eigenvalue weighted by Gasteiger charge is -2.25. The average molecular weight is 360 g/mol. The van der Waals surface area contributed by atoms with E-state index in [-0.39, 0.29) is 10.8 Å². The third-order valence-corrected chi connectivity index (χ3v) is 4.98. The van der Waals surface area contributed by atoms with Crippen molar-refractivity contribution in [3.05, 3.63) is 65.7 Å². The molecule has 0 heterocycles. The van der Waals surface area contributed by atoms with Crippen LogP contribution in [0.5, 0.6) is 0 Å². The van der Waals surface area contributed by atoms with Gasteiger partial charge in [0.2, 0.25) is 0 Å². The first-order valence-electron chi connectivity index (χ1n) is 8.05. The third-order valence-electron chi connectivity index (χ3n) is 3.85. The second-order valence-corrected chi connectivity index (χ2v) is 8.33. The number of benzene rings is 2. The summed E-state index contributed by atoms with van der Waals surface area (Å²) in [6.07, 6.45) is 1.16. The molecule has 0 bridgehead atoms. The monoisotopic (exact) mass is 360 g/mol. The number of hydrogen-bond acceptors (Lipinski definition) is 4. The summed E-state index contributed by atoms with van der Waals surface area (Å²) < 4.78 is 23.1. The normalized spacial score (nSPS) is 11.5. The van der Waals surface area contributed by atoms with Crippen LogP contribution in [0.25, 0.3) is 0 Å². The van der Waals surface area contributed by atoms with Gasteiger partial charge in [0, 0.05) is 31.5 Å². The van der Waals surface area contributed by atoms with E-state index < -0.39 is 9.84 Å². The second-order valence-electron chi connectivity index (χ2n) is 6.31. The lowest BCUT2D eigenvalue weighted by atomic mass is 10.1. The van der Waals surface area contributed by atoms with Crippen molar-refractivity contribution in [3.8, 4) is 0 Å². The summed E-state index contributed by atoms with van der Waals surface area (Å²) in [5.41, 5.74) is 1.55. The highest BCUT2D eigenvalue weighted by Crippen LogP contribution is 2.14. The minimum atomic E-state index is -3.27. The van der Waals surface area contributed by atoms with Crippen LogP contribution < -0.4 is 0 Å². The van der Waals surface area contributed by atoms with Gasteiger partial charge in [-0.25, -0.2) is 8.42 Å². The fourth-order valence-electron chi connectivity index (χ4n) is 2.40. The summed E-state index contributed by atoms with van der Waals surface area (Å²) in [7, 11) is 0.662. The van der Waals surface area contributed by atoms with Crippen molar-refractivity contribution in [2.45, 2.75) is 11.4 Å². The number of carbonyl (C=O) groups excluding carboxylic acids is 1. The number of sulfone groups is 1. The van der Waals surface area contributed by atoms with Gasteiger partial charge in [0.25, 0.3) is 5.91 Å². The average Bonchev–Trinajstić information content (AvgIpc) is 2.58. The number of carbonyl (C=O) groups is 1. The Morgan fingerprint density at radius 3 is 2.04 bits per heavy atom. The maximum Gasteiger partial charge on any atom is 0.254 e. The van der Waals surface area contributed by atoms with Crippen LogP contribution in [0.15, 0.2) is 59.5 Å². The fourth-order valence-corrected chi connectivity index (χ4v) is 3.03. The van der Waals surface area contributed by atoms with E-state index in [9.17, 15) is 13.2 Å². The van der Waals surface area contributed by atoms with Gasteiger partial charge in [-0.1, -0.05) is 30.3 Å². The zero-order valence-electron chi connectivity index (χ0n) is 14.8. The summed E-state index contributed by atoms with van der Waals surface area (Å²) in [6.45, 7) is 1.86. The van der Waals surface area contributed by atoms with Gasteiger partial charge in [-0.3, -0.25) is 4.79 Å². The highest BCUT2D eigenvalue weighted by molar-refractivity contribution is 7.90. The molecular formula is C19H24N2O3S. The molecule has 5 nitrogen and oxygen atoms in total. The molecule has 0 aliphatic rings. The first-order chi connectivity index (χ1) is 11.8. The van der Waals surface area contributed by atoms with Crippen LogP contribution in [0, 0.1) is 0 Å². The minimum absolute atomic E-state index is 0.106. The van der Waals surface area contributed by atoms with Gasteiger partial charge < -0.3 is 9.80 Å².